The summed E-state index contributed by atoms with van der Waals surface area (Å²) in [6.45, 7) is 6.02. The van der Waals surface area contributed by atoms with Crippen molar-refractivity contribution >= 4 is 34.3 Å². The second kappa shape index (κ2) is 6.80. The van der Waals surface area contributed by atoms with Crippen LogP contribution in [0.15, 0.2) is 12.7 Å². The molecule has 6 heteroatoms. The molecular weight excluding hydrogens is 245 g/mol. The molecule has 0 radical (unpaired) electrons. The lowest BCUT2D eigenvalue weighted by atomic mass is 10.2. The molecule has 0 aromatic rings. The van der Waals surface area contributed by atoms with Crippen molar-refractivity contribution < 1.29 is 8.76 Å². The minimum atomic E-state index is -2.26. The minimum absolute atomic E-state index is 0.359. The van der Waals surface area contributed by atoms with Crippen LogP contribution in [0, 0.1) is 0 Å². The number of rotatable bonds is 7. The van der Waals surface area contributed by atoms with Gasteiger partial charge in [-0.05, 0) is 18.0 Å². The molecule has 14 heavy (non-hydrogen) atoms. The summed E-state index contributed by atoms with van der Waals surface area (Å²) in [4.78, 5) is 0.590. The molecule has 0 bridgehead atoms. The molecule has 0 spiro atoms. The molecule has 0 saturated heterocycles. The summed E-state index contributed by atoms with van der Waals surface area (Å²) in [7, 11) is 0. The summed E-state index contributed by atoms with van der Waals surface area (Å²) in [5, 5.41) is 0. The van der Waals surface area contributed by atoms with Gasteiger partial charge in [-0.2, -0.15) is 0 Å². The van der Waals surface area contributed by atoms with Gasteiger partial charge in [0.1, 0.15) is 0 Å². The summed E-state index contributed by atoms with van der Waals surface area (Å²) < 4.78 is 22.1. The van der Waals surface area contributed by atoms with Gasteiger partial charge in [0.2, 0.25) is 0 Å². The lowest BCUT2D eigenvalue weighted by Gasteiger charge is -2.39. The maximum Gasteiger partial charge on any atom is 0.0992 e. The smallest absolute Gasteiger partial charge is 0.0992 e. The third kappa shape index (κ3) is 3.51. The summed E-state index contributed by atoms with van der Waals surface area (Å²) >= 11 is 8.90. The van der Waals surface area contributed by atoms with Crippen molar-refractivity contribution in [2.24, 2.45) is 0 Å². The van der Waals surface area contributed by atoms with Crippen molar-refractivity contribution in [3.63, 3.8) is 0 Å². The van der Waals surface area contributed by atoms with E-state index in [0.29, 0.717) is 24.8 Å². The summed E-state index contributed by atoms with van der Waals surface area (Å²) in [5.41, 5.74) is 0. The van der Waals surface area contributed by atoms with E-state index < -0.39 is 16.0 Å². The Morgan fingerprint density at radius 2 is 1.93 bits per heavy atom. The van der Waals surface area contributed by atoms with Crippen LogP contribution in [0.2, 0.25) is 0 Å². The van der Waals surface area contributed by atoms with Crippen molar-refractivity contribution in [1.29, 1.82) is 0 Å². The van der Waals surface area contributed by atoms with Crippen molar-refractivity contribution in [3.8, 4) is 0 Å². The quantitative estimate of drug-likeness (QED) is 0.396. The van der Waals surface area contributed by atoms with Gasteiger partial charge in [-0.1, -0.05) is 6.08 Å². The number of hydrogen-bond donors (Lipinski definition) is 0. The molecule has 3 nitrogen and oxygen atoms in total. The molecular formula is C8H14Cl2NO2S-. The maximum atomic E-state index is 11.0. The predicted octanol–water partition coefficient (Wildman–Crippen LogP) is 1.55. The van der Waals surface area contributed by atoms with Crippen LogP contribution >= 0.6 is 23.2 Å². The van der Waals surface area contributed by atoms with Crippen molar-refractivity contribution in [1.82, 2.24) is 4.90 Å². The highest BCUT2D eigenvalue weighted by Crippen LogP contribution is 2.19. The summed E-state index contributed by atoms with van der Waals surface area (Å²) in [5.74, 6) is 0.717. The summed E-state index contributed by atoms with van der Waals surface area (Å²) in [6.07, 6.45) is 1.38. The Kier molecular flexibility index (Phi) is 6.99. The zero-order valence-electron chi connectivity index (χ0n) is 8.04. The minimum Gasteiger partial charge on any atom is -0.771 e. The van der Waals surface area contributed by atoms with Crippen LogP contribution in [0.5, 0.6) is 0 Å². The maximum absolute atomic E-state index is 11.0. The number of halogens is 2. The first-order valence-corrected chi connectivity index (χ1v) is 6.27. The van der Waals surface area contributed by atoms with Gasteiger partial charge < -0.3 is 4.55 Å². The molecule has 0 saturated carbocycles. The van der Waals surface area contributed by atoms with Gasteiger partial charge in [0.25, 0.3) is 0 Å². The molecule has 0 amide bonds. The molecule has 0 aliphatic heterocycles. The topological polar surface area (TPSA) is 43.4 Å². The van der Waals surface area contributed by atoms with Gasteiger partial charge in [-0.25, -0.2) is 0 Å². The van der Waals surface area contributed by atoms with Crippen LogP contribution in [0.4, 0.5) is 0 Å². The van der Waals surface area contributed by atoms with Gasteiger partial charge >= 0.3 is 0 Å². The van der Waals surface area contributed by atoms with Gasteiger partial charge in [0.05, 0.1) is 4.87 Å². The number of hydrogen-bond acceptors (Lipinski definition) is 3. The van der Waals surface area contributed by atoms with E-state index >= 15 is 0 Å². The fraction of sp³-hybridized carbons (Fsp3) is 0.750. The van der Waals surface area contributed by atoms with Crippen LogP contribution in [-0.2, 0) is 11.1 Å². The lowest BCUT2D eigenvalue weighted by molar-refractivity contribution is 0.229. The van der Waals surface area contributed by atoms with E-state index in [1.165, 1.54) is 6.08 Å². The van der Waals surface area contributed by atoms with Crippen LogP contribution in [0.25, 0.3) is 0 Å². The molecule has 0 rings (SSSR count). The predicted molar refractivity (Wildman–Crippen MR) is 60.5 cm³/mol. The zero-order chi connectivity index (χ0) is 11.2. The second-order valence-corrected chi connectivity index (χ2v) is 4.91. The van der Waals surface area contributed by atoms with Gasteiger partial charge in [0.15, 0.2) is 0 Å². The fourth-order valence-corrected chi connectivity index (χ4v) is 2.00. The van der Waals surface area contributed by atoms with Crippen LogP contribution in [0.3, 0.4) is 0 Å². The molecule has 0 N–H and O–H groups in total. The average Bonchev–Trinajstić information content (AvgIpc) is 2.16. The van der Waals surface area contributed by atoms with Crippen molar-refractivity contribution in [2.75, 3.05) is 24.8 Å². The van der Waals surface area contributed by atoms with Gasteiger partial charge in [-0.3, -0.25) is 9.11 Å². The Labute approximate surface area is 97.3 Å². The van der Waals surface area contributed by atoms with E-state index in [4.69, 9.17) is 23.2 Å². The highest BCUT2D eigenvalue weighted by Gasteiger charge is 2.28. The van der Waals surface area contributed by atoms with Crippen LogP contribution < -0.4 is 0 Å². The van der Waals surface area contributed by atoms with Crippen LogP contribution in [0.1, 0.15) is 6.92 Å². The molecule has 0 fully saturated rings. The molecule has 0 aliphatic rings. The van der Waals surface area contributed by atoms with Gasteiger partial charge in [-0.15, -0.1) is 29.8 Å². The highest BCUT2D eigenvalue weighted by atomic mass is 35.5. The van der Waals surface area contributed by atoms with Crippen LogP contribution in [-0.4, -0.2) is 43.4 Å². The van der Waals surface area contributed by atoms with Gasteiger partial charge in [0, 0.05) is 24.8 Å². The molecule has 2 unspecified atom stereocenters. The largest absolute Gasteiger partial charge is 0.771 e. The Morgan fingerprint density at radius 3 is 2.14 bits per heavy atom. The van der Waals surface area contributed by atoms with E-state index in [9.17, 15) is 8.76 Å². The van der Waals surface area contributed by atoms with E-state index in [-0.39, 0.29) is 0 Å². The van der Waals surface area contributed by atoms with E-state index in [0.717, 1.165) is 0 Å². The first-order valence-electron chi connectivity index (χ1n) is 4.12. The molecule has 0 heterocycles. The second-order valence-electron chi connectivity index (χ2n) is 2.86. The molecule has 0 aliphatic carbocycles. The average molecular weight is 259 g/mol. The van der Waals surface area contributed by atoms with E-state index in [2.05, 4.69) is 6.58 Å². The normalized spacial score (nSPS) is 17.8. The third-order valence-corrected chi connectivity index (χ3v) is 3.49. The van der Waals surface area contributed by atoms with Crippen molar-refractivity contribution in [3.05, 3.63) is 12.7 Å². The summed E-state index contributed by atoms with van der Waals surface area (Å²) in [6, 6.07) is 0. The fourth-order valence-electron chi connectivity index (χ4n) is 1.06. The Balaban J connectivity index is 4.72. The third-order valence-electron chi connectivity index (χ3n) is 2.05. The van der Waals surface area contributed by atoms with Crippen molar-refractivity contribution in [2.45, 2.75) is 11.8 Å². The highest BCUT2D eigenvalue weighted by molar-refractivity contribution is 7.80. The Morgan fingerprint density at radius 1 is 1.50 bits per heavy atom. The molecule has 2 atom stereocenters. The molecule has 84 valence electrons. The van der Waals surface area contributed by atoms with E-state index in [1.807, 2.05) is 0 Å². The SMILES string of the molecule is C=CC(C)(N(CCCl)CCCl)S(=O)[O-]. The Hall–Kier alpha value is 0.390. The zero-order valence-corrected chi connectivity index (χ0v) is 10.4. The first kappa shape index (κ1) is 14.4. The molecule has 0 aromatic carbocycles. The standard InChI is InChI=1S/C8H15Cl2NO2S/c1-3-8(2,14(12)13)11(6-4-9)7-5-10/h3H,1,4-7H2,2H3,(H,12,13)/p-1. The van der Waals surface area contributed by atoms with E-state index in [1.54, 1.807) is 11.8 Å². The first-order chi connectivity index (χ1) is 6.52. The number of nitrogens with zero attached hydrogens (tertiary/aromatic N) is 1. The monoisotopic (exact) mass is 258 g/mol. The lowest BCUT2D eigenvalue weighted by Crippen LogP contribution is -2.49. The Bertz CT molecular complexity index is 210. The number of alkyl halides is 2. The molecule has 0 aromatic heterocycles.